The number of nitrogens with one attached hydrogen (secondary N) is 2. The summed E-state index contributed by atoms with van der Waals surface area (Å²) < 4.78 is 5.32. The van der Waals surface area contributed by atoms with Gasteiger partial charge in [0.05, 0.1) is 0 Å². The molecular formula is C23H34N2O2. The maximum atomic E-state index is 11.8. The Kier molecular flexibility index (Phi) is 6.25. The fourth-order valence-corrected chi connectivity index (χ4v) is 3.88. The lowest BCUT2D eigenvalue weighted by Gasteiger charge is -2.36. The fourth-order valence-electron chi connectivity index (χ4n) is 3.88. The van der Waals surface area contributed by atoms with Gasteiger partial charge in [0.2, 0.25) is 0 Å². The average molecular weight is 371 g/mol. The van der Waals surface area contributed by atoms with Crippen molar-refractivity contribution in [1.29, 1.82) is 0 Å². The Morgan fingerprint density at radius 3 is 2.52 bits per heavy atom. The molecule has 1 amide bonds. The van der Waals surface area contributed by atoms with E-state index in [1.807, 2.05) is 20.8 Å². The Morgan fingerprint density at radius 1 is 1.19 bits per heavy atom. The van der Waals surface area contributed by atoms with Crippen molar-refractivity contribution in [3.05, 3.63) is 41.5 Å². The Hall–Kier alpha value is -1.81. The largest absolute Gasteiger partial charge is 0.444 e. The van der Waals surface area contributed by atoms with Crippen molar-refractivity contribution >= 4 is 12.2 Å². The number of benzene rings is 1. The van der Waals surface area contributed by atoms with Gasteiger partial charge in [0.15, 0.2) is 0 Å². The molecular weight excluding hydrogens is 336 g/mol. The lowest BCUT2D eigenvalue weighted by Crippen LogP contribution is -2.48. The van der Waals surface area contributed by atoms with Crippen molar-refractivity contribution in [3.8, 4) is 0 Å². The Morgan fingerprint density at radius 2 is 1.89 bits per heavy atom. The van der Waals surface area contributed by atoms with Gasteiger partial charge in [-0.25, -0.2) is 4.79 Å². The molecule has 0 unspecified atom stereocenters. The van der Waals surface area contributed by atoms with Crippen molar-refractivity contribution in [2.45, 2.75) is 71.1 Å². The number of rotatable bonds is 7. The molecule has 2 aliphatic carbocycles. The first-order valence-corrected chi connectivity index (χ1v) is 10.3. The molecule has 2 saturated carbocycles. The number of carbonyl (C=O) groups is 1. The Balaban J connectivity index is 1.35. The zero-order chi connectivity index (χ0) is 19.4. The van der Waals surface area contributed by atoms with Crippen LogP contribution in [0.4, 0.5) is 4.79 Å². The average Bonchev–Trinajstić information content (AvgIpc) is 3.33. The zero-order valence-corrected chi connectivity index (χ0v) is 17.1. The summed E-state index contributed by atoms with van der Waals surface area (Å²) in [5.41, 5.74) is 2.42. The van der Waals surface area contributed by atoms with Crippen LogP contribution in [0.15, 0.2) is 35.9 Å². The SMILES string of the molecule is CC/C(=C\c1ccccc1)[C@@H]1C[C@H]1NC[C@H]1C[C@H](NC(=O)OC(C)(C)C)C1. The maximum Gasteiger partial charge on any atom is 0.407 e. The third-order valence-electron chi connectivity index (χ3n) is 5.45. The van der Waals surface area contributed by atoms with E-state index in [1.54, 1.807) is 5.57 Å². The predicted molar refractivity (Wildman–Crippen MR) is 110 cm³/mol. The third kappa shape index (κ3) is 6.10. The first-order chi connectivity index (χ1) is 12.8. The monoisotopic (exact) mass is 370 g/mol. The molecule has 4 nitrogen and oxygen atoms in total. The first-order valence-electron chi connectivity index (χ1n) is 10.3. The number of carbonyl (C=O) groups excluding carboxylic acids is 1. The third-order valence-corrected chi connectivity index (χ3v) is 5.45. The van der Waals surface area contributed by atoms with Crippen molar-refractivity contribution in [2.75, 3.05) is 6.54 Å². The summed E-state index contributed by atoms with van der Waals surface area (Å²) >= 11 is 0. The van der Waals surface area contributed by atoms with Crippen LogP contribution in [0.3, 0.4) is 0 Å². The Bertz CT molecular complexity index is 657. The van der Waals surface area contributed by atoms with Gasteiger partial charge in [0, 0.05) is 12.1 Å². The van der Waals surface area contributed by atoms with Crippen molar-refractivity contribution in [2.24, 2.45) is 11.8 Å². The molecule has 4 heteroatoms. The van der Waals surface area contributed by atoms with E-state index in [1.165, 1.54) is 12.0 Å². The van der Waals surface area contributed by atoms with Crippen LogP contribution < -0.4 is 10.6 Å². The quantitative estimate of drug-likeness (QED) is 0.727. The van der Waals surface area contributed by atoms with Crippen LogP contribution in [-0.4, -0.2) is 30.3 Å². The summed E-state index contributed by atoms with van der Waals surface area (Å²) in [7, 11) is 0. The predicted octanol–water partition coefficient (Wildman–Crippen LogP) is 4.76. The van der Waals surface area contributed by atoms with Gasteiger partial charge in [-0.15, -0.1) is 0 Å². The van der Waals surface area contributed by atoms with Gasteiger partial charge in [0.25, 0.3) is 0 Å². The Labute approximate surface area is 163 Å². The second-order valence-electron chi connectivity index (χ2n) is 9.02. The standard InChI is InChI=1S/C23H34N2O2/c1-5-18(11-16-9-7-6-8-10-16)20-14-21(20)24-15-17-12-19(13-17)25-22(26)27-23(2,3)4/h6-11,17,19-21,24H,5,12-15H2,1-4H3,(H,25,26)/b18-11+/t17-,19-,20-,21+/m0/s1. The minimum Gasteiger partial charge on any atom is -0.444 e. The van der Waals surface area contributed by atoms with Gasteiger partial charge in [0.1, 0.15) is 5.60 Å². The van der Waals surface area contributed by atoms with Crippen LogP contribution in [0.5, 0.6) is 0 Å². The molecule has 2 fully saturated rings. The van der Waals surface area contributed by atoms with E-state index in [0.717, 1.165) is 25.8 Å². The minimum atomic E-state index is -0.431. The molecule has 27 heavy (non-hydrogen) atoms. The van der Waals surface area contributed by atoms with Gasteiger partial charge in [-0.1, -0.05) is 48.9 Å². The fraction of sp³-hybridized carbons (Fsp3) is 0.609. The number of hydrogen-bond donors (Lipinski definition) is 2. The van der Waals surface area contributed by atoms with E-state index in [-0.39, 0.29) is 12.1 Å². The highest BCUT2D eigenvalue weighted by Gasteiger charge is 2.40. The van der Waals surface area contributed by atoms with Crippen LogP contribution in [0.2, 0.25) is 0 Å². The molecule has 3 rings (SSSR count). The summed E-state index contributed by atoms with van der Waals surface area (Å²) in [6, 6.07) is 11.5. The van der Waals surface area contributed by atoms with E-state index >= 15 is 0 Å². The minimum absolute atomic E-state index is 0.269. The summed E-state index contributed by atoms with van der Waals surface area (Å²) in [5, 5.41) is 6.71. The van der Waals surface area contributed by atoms with Gasteiger partial charge in [-0.05, 0) is 70.4 Å². The second-order valence-corrected chi connectivity index (χ2v) is 9.02. The van der Waals surface area contributed by atoms with E-state index in [4.69, 9.17) is 4.74 Å². The number of hydrogen-bond acceptors (Lipinski definition) is 3. The highest BCUT2D eigenvalue weighted by Crippen LogP contribution is 2.40. The molecule has 0 aliphatic heterocycles. The normalized spacial score (nSPS) is 27.6. The molecule has 0 spiro atoms. The van der Waals surface area contributed by atoms with Crippen molar-refractivity contribution in [1.82, 2.24) is 10.6 Å². The van der Waals surface area contributed by atoms with E-state index in [0.29, 0.717) is 17.9 Å². The summed E-state index contributed by atoms with van der Waals surface area (Å²) in [4.78, 5) is 11.8. The second kappa shape index (κ2) is 8.47. The van der Waals surface area contributed by atoms with Crippen LogP contribution in [-0.2, 0) is 4.74 Å². The van der Waals surface area contributed by atoms with Crippen LogP contribution in [0.1, 0.15) is 58.9 Å². The molecule has 0 bridgehead atoms. The molecule has 1 aromatic rings. The molecule has 1 aromatic carbocycles. The van der Waals surface area contributed by atoms with E-state index in [9.17, 15) is 4.79 Å². The topological polar surface area (TPSA) is 50.4 Å². The molecule has 0 saturated heterocycles. The lowest BCUT2D eigenvalue weighted by atomic mass is 9.80. The molecule has 2 N–H and O–H groups in total. The maximum absolute atomic E-state index is 11.8. The summed E-state index contributed by atoms with van der Waals surface area (Å²) in [5.74, 6) is 1.35. The smallest absolute Gasteiger partial charge is 0.407 e. The summed E-state index contributed by atoms with van der Waals surface area (Å²) in [6.07, 6.45) is 6.52. The molecule has 0 heterocycles. The van der Waals surface area contributed by atoms with Crippen molar-refractivity contribution in [3.63, 3.8) is 0 Å². The van der Waals surface area contributed by atoms with Gasteiger partial charge < -0.3 is 15.4 Å². The van der Waals surface area contributed by atoms with Crippen molar-refractivity contribution < 1.29 is 9.53 Å². The van der Waals surface area contributed by atoms with Crippen LogP contribution >= 0.6 is 0 Å². The number of alkyl carbamates (subject to hydrolysis) is 1. The molecule has 0 aromatic heterocycles. The zero-order valence-electron chi connectivity index (χ0n) is 17.1. The highest BCUT2D eigenvalue weighted by atomic mass is 16.6. The number of ether oxygens (including phenoxy) is 1. The van der Waals surface area contributed by atoms with Gasteiger partial charge in [-0.3, -0.25) is 0 Å². The summed E-state index contributed by atoms with van der Waals surface area (Å²) in [6.45, 7) is 8.98. The van der Waals surface area contributed by atoms with Crippen LogP contribution in [0, 0.1) is 11.8 Å². The highest BCUT2D eigenvalue weighted by molar-refractivity contribution is 5.68. The molecule has 2 aliphatic rings. The van der Waals surface area contributed by atoms with E-state index in [2.05, 4.69) is 54.0 Å². The molecule has 2 atom stereocenters. The van der Waals surface area contributed by atoms with Crippen LogP contribution in [0.25, 0.3) is 6.08 Å². The first kappa shape index (κ1) is 19.9. The molecule has 0 radical (unpaired) electrons. The van der Waals surface area contributed by atoms with Gasteiger partial charge >= 0.3 is 6.09 Å². The lowest BCUT2D eigenvalue weighted by molar-refractivity contribution is 0.0452. The number of amides is 1. The van der Waals surface area contributed by atoms with Gasteiger partial charge in [-0.2, -0.15) is 0 Å². The molecule has 148 valence electrons. The van der Waals surface area contributed by atoms with E-state index < -0.39 is 5.60 Å².